The van der Waals surface area contributed by atoms with Crippen LogP contribution in [0.2, 0.25) is 0 Å². The SMILES string of the molecule is c1ccc(-c2cc(-c3ccccc3)nc(-c3cccc(-c4cccc(-c5nc(-c6ccccc6)c6c(n5)c5ccccc5n6-c5ccccc5)c4)c3)c2)cc1. The summed E-state index contributed by atoms with van der Waals surface area (Å²) in [5.74, 6) is 0.685. The van der Waals surface area contributed by atoms with Crippen molar-refractivity contribution in [2.75, 3.05) is 0 Å². The van der Waals surface area contributed by atoms with Gasteiger partial charge in [0.2, 0.25) is 0 Å². The van der Waals surface area contributed by atoms with E-state index in [1.54, 1.807) is 0 Å². The van der Waals surface area contributed by atoms with Crippen molar-refractivity contribution in [3.63, 3.8) is 0 Å². The molecule has 0 N–H and O–H groups in total. The maximum absolute atomic E-state index is 5.36. The number of para-hydroxylation sites is 2. The van der Waals surface area contributed by atoms with Crippen molar-refractivity contribution in [3.8, 4) is 73.1 Å². The zero-order valence-electron chi connectivity index (χ0n) is 29.9. The predicted molar refractivity (Wildman–Crippen MR) is 227 cm³/mol. The van der Waals surface area contributed by atoms with Crippen molar-refractivity contribution in [3.05, 3.63) is 206 Å². The molecule has 258 valence electrons. The van der Waals surface area contributed by atoms with Crippen LogP contribution in [0.1, 0.15) is 0 Å². The highest BCUT2D eigenvalue weighted by molar-refractivity contribution is 6.11. The van der Waals surface area contributed by atoms with Gasteiger partial charge in [0.1, 0.15) is 5.52 Å². The smallest absolute Gasteiger partial charge is 0.160 e. The number of hydrogen-bond donors (Lipinski definition) is 0. The fraction of sp³-hybridized carbons (Fsp3) is 0. The lowest BCUT2D eigenvalue weighted by Crippen LogP contribution is -1.99. The van der Waals surface area contributed by atoms with Gasteiger partial charge in [0.15, 0.2) is 5.82 Å². The van der Waals surface area contributed by atoms with Crippen LogP contribution in [0.4, 0.5) is 0 Å². The zero-order chi connectivity index (χ0) is 36.6. The van der Waals surface area contributed by atoms with Crippen molar-refractivity contribution < 1.29 is 0 Å². The van der Waals surface area contributed by atoms with E-state index in [2.05, 4.69) is 193 Å². The lowest BCUT2D eigenvalue weighted by atomic mass is 9.97. The van der Waals surface area contributed by atoms with Crippen molar-refractivity contribution >= 4 is 21.9 Å². The average molecular weight is 703 g/mol. The van der Waals surface area contributed by atoms with E-state index >= 15 is 0 Å². The second-order valence-electron chi connectivity index (χ2n) is 13.7. The molecule has 10 rings (SSSR count). The molecule has 0 fully saturated rings. The van der Waals surface area contributed by atoms with Crippen LogP contribution in [0.5, 0.6) is 0 Å². The molecule has 0 saturated heterocycles. The number of pyridine rings is 1. The molecular formula is C51H34N4. The monoisotopic (exact) mass is 702 g/mol. The molecule has 0 atom stereocenters. The standard InChI is InChI=1S/C51H34N4/c1-5-17-35(18-6-1)42-33-45(36-19-7-2-8-20-36)52-46(34-42)40-25-15-23-38(31-40)39-24-16-26-41(32-39)51-53-48(37-21-9-3-10-22-37)50-49(54-51)44-29-13-14-30-47(44)55(50)43-27-11-4-12-28-43/h1-34H. The molecule has 0 spiro atoms. The third-order valence-electron chi connectivity index (χ3n) is 10.2. The molecule has 55 heavy (non-hydrogen) atoms. The fourth-order valence-corrected chi connectivity index (χ4v) is 7.54. The van der Waals surface area contributed by atoms with Crippen LogP contribution < -0.4 is 0 Å². The summed E-state index contributed by atoms with van der Waals surface area (Å²) in [5.41, 5.74) is 15.5. The Balaban J connectivity index is 1.11. The van der Waals surface area contributed by atoms with Gasteiger partial charge in [0, 0.05) is 33.3 Å². The van der Waals surface area contributed by atoms with Gasteiger partial charge in [-0.25, -0.2) is 15.0 Å². The molecule has 7 aromatic carbocycles. The summed E-state index contributed by atoms with van der Waals surface area (Å²) in [6, 6.07) is 71.9. The van der Waals surface area contributed by atoms with E-state index in [0.29, 0.717) is 5.82 Å². The van der Waals surface area contributed by atoms with Gasteiger partial charge in [-0.2, -0.15) is 0 Å². The highest BCUT2D eigenvalue weighted by atomic mass is 15.0. The maximum Gasteiger partial charge on any atom is 0.160 e. The van der Waals surface area contributed by atoms with Crippen LogP contribution in [0.25, 0.3) is 95.0 Å². The highest BCUT2D eigenvalue weighted by Crippen LogP contribution is 2.39. The van der Waals surface area contributed by atoms with Crippen LogP contribution in [0.3, 0.4) is 0 Å². The first-order chi connectivity index (χ1) is 27.3. The molecule has 0 amide bonds. The van der Waals surface area contributed by atoms with Crippen LogP contribution in [-0.2, 0) is 0 Å². The first-order valence-corrected chi connectivity index (χ1v) is 18.5. The molecule has 0 aliphatic carbocycles. The van der Waals surface area contributed by atoms with Gasteiger partial charge >= 0.3 is 0 Å². The summed E-state index contributed by atoms with van der Waals surface area (Å²) in [4.78, 5) is 15.9. The molecule has 0 saturated carbocycles. The lowest BCUT2D eigenvalue weighted by molar-refractivity contribution is 1.15. The van der Waals surface area contributed by atoms with Crippen LogP contribution in [0, 0.1) is 0 Å². The van der Waals surface area contributed by atoms with Gasteiger partial charge in [0.25, 0.3) is 0 Å². The predicted octanol–water partition coefficient (Wildman–Crippen LogP) is 13.0. The molecule has 0 aliphatic heterocycles. The highest BCUT2D eigenvalue weighted by Gasteiger charge is 2.21. The molecule has 0 aliphatic rings. The number of nitrogens with zero attached hydrogens (tertiary/aromatic N) is 4. The minimum Gasteiger partial charge on any atom is -0.306 e. The number of fused-ring (bicyclic) bond motifs is 3. The molecule has 3 heterocycles. The van der Waals surface area contributed by atoms with E-state index < -0.39 is 0 Å². The molecule has 0 unspecified atom stereocenters. The van der Waals surface area contributed by atoms with Crippen LogP contribution in [0.15, 0.2) is 206 Å². The second kappa shape index (κ2) is 13.8. The third kappa shape index (κ3) is 6.06. The van der Waals surface area contributed by atoms with E-state index in [1.807, 2.05) is 18.2 Å². The maximum atomic E-state index is 5.36. The van der Waals surface area contributed by atoms with Gasteiger partial charge in [-0.05, 0) is 64.7 Å². The summed E-state index contributed by atoms with van der Waals surface area (Å²) in [5, 5.41) is 1.09. The first kappa shape index (κ1) is 32.2. The molecule has 3 aromatic heterocycles. The Morgan fingerprint density at radius 3 is 1.53 bits per heavy atom. The second-order valence-corrected chi connectivity index (χ2v) is 13.7. The van der Waals surface area contributed by atoms with E-state index in [1.165, 1.54) is 0 Å². The topological polar surface area (TPSA) is 43.6 Å². The molecule has 10 aromatic rings. The molecule has 0 bridgehead atoms. The summed E-state index contributed by atoms with van der Waals surface area (Å²) in [6.07, 6.45) is 0. The Bertz CT molecular complexity index is 2900. The summed E-state index contributed by atoms with van der Waals surface area (Å²) in [6.45, 7) is 0. The van der Waals surface area contributed by atoms with E-state index in [9.17, 15) is 0 Å². The summed E-state index contributed by atoms with van der Waals surface area (Å²) < 4.78 is 2.29. The van der Waals surface area contributed by atoms with Crippen molar-refractivity contribution in [2.24, 2.45) is 0 Å². The third-order valence-corrected chi connectivity index (χ3v) is 10.2. The number of benzene rings is 7. The zero-order valence-corrected chi connectivity index (χ0v) is 29.9. The number of hydrogen-bond acceptors (Lipinski definition) is 3. The molecular weight excluding hydrogens is 669 g/mol. The van der Waals surface area contributed by atoms with E-state index in [-0.39, 0.29) is 0 Å². The first-order valence-electron chi connectivity index (χ1n) is 18.5. The quantitative estimate of drug-likeness (QED) is 0.166. The minimum absolute atomic E-state index is 0.685. The van der Waals surface area contributed by atoms with E-state index in [4.69, 9.17) is 15.0 Å². The minimum atomic E-state index is 0.685. The summed E-state index contributed by atoms with van der Waals surface area (Å²) >= 11 is 0. The Labute approximate surface area is 319 Å². The molecule has 4 nitrogen and oxygen atoms in total. The summed E-state index contributed by atoms with van der Waals surface area (Å²) in [7, 11) is 0. The Hall–Kier alpha value is -7.43. The van der Waals surface area contributed by atoms with Gasteiger partial charge in [-0.3, -0.25) is 0 Å². The van der Waals surface area contributed by atoms with Crippen molar-refractivity contribution in [1.29, 1.82) is 0 Å². The largest absolute Gasteiger partial charge is 0.306 e. The van der Waals surface area contributed by atoms with Crippen LogP contribution in [-0.4, -0.2) is 19.5 Å². The Morgan fingerprint density at radius 1 is 0.327 bits per heavy atom. The fourth-order valence-electron chi connectivity index (χ4n) is 7.54. The van der Waals surface area contributed by atoms with E-state index in [0.717, 1.165) is 89.2 Å². The molecule has 4 heteroatoms. The molecule has 0 radical (unpaired) electrons. The lowest BCUT2D eigenvalue weighted by Gasteiger charge is -2.13. The van der Waals surface area contributed by atoms with Crippen molar-refractivity contribution in [1.82, 2.24) is 19.5 Å². The number of rotatable bonds is 7. The average Bonchev–Trinajstić information content (AvgIpc) is 3.61. The Kier molecular flexibility index (Phi) is 8.12. The van der Waals surface area contributed by atoms with Gasteiger partial charge in [0.05, 0.1) is 28.1 Å². The van der Waals surface area contributed by atoms with Crippen molar-refractivity contribution in [2.45, 2.75) is 0 Å². The van der Waals surface area contributed by atoms with Crippen LogP contribution >= 0.6 is 0 Å². The Morgan fingerprint density at radius 2 is 0.836 bits per heavy atom. The van der Waals surface area contributed by atoms with Gasteiger partial charge < -0.3 is 4.57 Å². The normalized spacial score (nSPS) is 11.3. The van der Waals surface area contributed by atoms with Gasteiger partial charge in [-0.1, -0.05) is 164 Å². The number of aromatic nitrogens is 4. The van der Waals surface area contributed by atoms with Gasteiger partial charge in [-0.15, -0.1) is 0 Å².